The molecular formula is C31H60ClNO. The van der Waals surface area contributed by atoms with Crippen molar-refractivity contribution in [1.29, 1.82) is 0 Å². The first-order valence-electron chi connectivity index (χ1n) is 15.5. The monoisotopic (exact) mass is 497 g/mol. The number of nitrogens with one attached hydrogen (secondary N) is 1. The van der Waals surface area contributed by atoms with Gasteiger partial charge in [0.05, 0.1) is 6.10 Å². The van der Waals surface area contributed by atoms with E-state index in [1.807, 2.05) is 0 Å². The molecule has 2 N–H and O–H groups in total. The highest BCUT2D eigenvalue weighted by molar-refractivity contribution is 5.85. The topological polar surface area (TPSA) is 32.3 Å². The molecule has 0 aliphatic heterocycles. The zero-order valence-corrected chi connectivity index (χ0v) is 23.8. The molecule has 0 aromatic heterocycles. The Labute approximate surface area is 219 Å². The summed E-state index contributed by atoms with van der Waals surface area (Å²) in [6.07, 6.45) is 31.8. The normalized spacial score (nSPS) is 30.4. The maximum Gasteiger partial charge on any atom is 0.0558 e. The third-order valence-corrected chi connectivity index (χ3v) is 10.0. The van der Waals surface area contributed by atoms with E-state index in [1.165, 1.54) is 135 Å². The van der Waals surface area contributed by atoms with Gasteiger partial charge < -0.3 is 10.4 Å². The molecule has 3 heteroatoms. The lowest BCUT2D eigenvalue weighted by molar-refractivity contribution is -0.0894. The van der Waals surface area contributed by atoms with Crippen LogP contribution in [0, 0.1) is 23.7 Å². The summed E-state index contributed by atoms with van der Waals surface area (Å²) < 4.78 is 0. The second-order valence-corrected chi connectivity index (χ2v) is 12.5. The molecule has 0 aromatic carbocycles. The molecule has 0 spiro atoms. The smallest absolute Gasteiger partial charge is 0.0558 e. The molecule has 4 aliphatic carbocycles. The summed E-state index contributed by atoms with van der Waals surface area (Å²) in [7, 11) is 2.18. The van der Waals surface area contributed by atoms with Crippen LogP contribution in [-0.2, 0) is 0 Å². The third kappa shape index (κ3) is 9.26. The zero-order valence-electron chi connectivity index (χ0n) is 23.0. The highest BCUT2D eigenvalue weighted by Gasteiger charge is 2.56. The predicted molar refractivity (Wildman–Crippen MR) is 151 cm³/mol. The van der Waals surface area contributed by atoms with Crippen molar-refractivity contribution in [1.82, 2.24) is 5.32 Å². The number of unbranched alkanes of at least 4 members (excludes halogenated alkanes) is 15. The SMILES string of the molecule is CCCCCCCCCCCCCCCCCCC(O)CC1(NC)C2CC3CC(C2)CC1C3.Cl. The quantitative estimate of drug-likeness (QED) is 0.164. The van der Waals surface area contributed by atoms with Gasteiger partial charge >= 0.3 is 0 Å². The Bertz CT molecular complexity index is 482. The van der Waals surface area contributed by atoms with E-state index in [0.29, 0.717) is 0 Å². The summed E-state index contributed by atoms with van der Waals surface area (Å²) >= 11 is 0. The van der Waals surface area contributed by atoms with Gasteiger partial charge in [-0.2, -0.15) is 0 Å². The molecule has 0 aromatic rings. The number of aliphatic hydroxyl groups is 1. The van der Waals surface area contributed by atoms with Crippen molar-refractivity contribution in [3.63, 3.8) is 0 Å². The minimum Gasteiger partial charge on any atom is -0.393 e. The maximum absolute atomic E-state index is 10.9. The van der Waals surface area contributed by atoms with Crippen molar-refractivity contribution in [2.75, 3.05) is 7.05 Å². The fraction of sp³-hybridized carbons (Fsp3) is 1.00. The summed E-state index contributed by atoms with van der Waals surface area (Å²) in [6, 6.07) is 0. The van der Waals surface area contributed by atoms with Crippen LogP contribution in [0.3, 0.4) is 0 Å². The van der Waals surface area contributed by atoms with Gasteiger partial charge in [0.25, 0.3) is 0 Å². The fourth-order valence-corrected chi connectivity index (χ4v) is 8.29. The molecule has 4 saturated carbocycles. The summed E-state index contributed by atoms with van der Waals surface area (Å²) in [5, 5.41) is 14.7. The first-order valence-corrected chi connectivity index (χ1v) is 15.5. The molecule has 202 valence electrons. The Kier molecular flexibility index (Phi) is 15.1. The Balaban J connectivity index is 0.00000408. The van der Waals surface area contributed by atoms with E-state index in [0.717, 1.165) is 36.5 Å². The van der Waals surface area contributed by atoms with Gasteiger partial charge in [-0.05, 0) is 75.7 Å². The lowest BCUT2D eigenvalue weighted by Crippen LogP contribution is -2.65. The van der Waals surface area contributed by atoms with E-state index in [9.17, 15) is 5.11 Å². The number of hydrogen-bond donors (Lipinski definition) is 2. The van der Waals surface area contributed by atoms with E-state index in [1.54, 1.807) is 0 Å². The summed E-state index contributed by atoms with van der Waals surface area (Å²) in [6.45, 7) is 2.30. The van der Waals surface area contributed by atoms with E-state index >= 15 is 0 Å². The van der Waals surface area contributed by atoms with E-state index in [-0.39, 0.29) is 24.0 Å². The van der Waals surface area contributed by atoms with Gasteiger partial charge in [0.15, 0.2) is 0 Å². The average molecular weight is 498 g/mol. The van der Waals surface area contributed by atoms with Gasteiger partial charge in [-0.3, -0.25) is 0 Å². The first kappa shape index (κ1) is 30.4. The Morgan fingerprint density at radius 1 is 0.647 bits per heavy atom. The van der Waals surface area contributed by atoms with Gasteiger partial charge in [-0.25, -0.2) is 0 Å². The molecule has 1 unspecified atom stereocenters. The van der Waals surface area contributed by atoms with Crippen LogP contribution in [-0.4, -0.2) is 23.8 Å². The van der Waals surface area contributed by atoms with E-state index < -0.39 is 0 Å². The molecule has 4 aliphatic rings. The molecular weight excluding hydrogens is 438 g/mol. The van der Waals surface area contributed by atoms with Crippen molar-refractivity contribution in [2.24, 2.45) is 23.7 Å². The molecule has 34 heavy (non-hydrogen) atoms. The van der Waals surface area contributed by atoms with Gasteiger partial charge in [-0.15, -0.1) is 12.4 Å². The summed E-state index contributed by atoms with van der Waals surface area (Å²) in [5.74, 6) is 3.68. The Morgan fingerprint density at radius 3 is 1.41 bits per heavy atom. The van der Waals surface area contributed by atoms with Gasteiger partial charge in [0.1, 0.15) is 0 Å². The largest absolute Gasteiger partial charge is 0.393 e. The second-order valence-electron chi connectivity index (χ2n) is 12.5. The zero-order chi connectivity index (χ0) is 23.4. The van der Waals surface area contributed by atoms with Crippen LogP contribution in [0.2, 0.25) is 0 Å². The lowest BCUT2D eigenvalue weighted by Gasteiger charge is -2.62. The molecule has 4 rings (SSSR count). The molecule has 4 bridgehead atoms. The summed E-state index contributed by atoms with van der Waals surface area (Å²) in [4.78, 5) is 0. The van der Waals surface area contributed by atoms with Gasteiger partial charge in [0, 0.05) is 5.54 Å². The molecule has 0 heterocycles. The number of rotatable bonds is 20. The van der Waals surface area contributed by atoms with Gasteiger partial charge in [-0.1, -0.05) is 110 Å². The van der Waals surface area contributed by atoms with Crippen LogP contribution < -0.4 is 5.32 Å². The highest BCUT2D eigenvalue weighted by atomic mass is 35.5. The number of halogens is 1. The molecule has 0 radical (unpaired) electrons. The molecule has 1 atom stereocenters. The van der Waals surface area contributed by atoms with E-state index in [4.69, 9.17) is 0 Å². The Hall–Kier alpha value is 0.210. The van der Waals surface area contributed by atoms with Crippen molar-refractivity contribution in [3.8, 4) is 0 Å². The van der Waals surface area contributed by atoms with E-state index in [2.05, 4.69) is 19.3 Å². The minimum absolute atomic E-state index is 0. The van der Waals surface area contributed by atoms with Crippen molar-refractivity contribution in [2.45, 2.75) is 166 Å². The Morgan fingerprint density at radius 2 is 1.03 bits per heavy atom. The van der Waals surface area contributed by atoms with Crippen LogP contribution in [0.1, 0.15) is 155 Å². The second kappa shape index (κ2) is 16.9. The lowest BCUT2D eigenvalue weighted by atomic mass is 9.47. The summed E-state index contributed by atoms with van der Waals surface area (Å²) in [5.41, 5.74) is 0.252. The first-order chi connectivity index (χ1) is 16.2. The minimum atomic E-state index is -0.0957. The fourth-order valence-electron chi connectivity index (χ4n) is 8.29. The van der Waals surface area contributed by atoms with Gasteiger partial charge in [0.2, 0.25) is 0 Å². The molecule has 0 amide bonds. The number of aliphatic hydroxyl groups excluding tert-OH is 1. The van der Waals surface area contributed by atoms with Crippen LogP contribution in [0.4, 0.5) is 0 Å². The average Bonchev–Trinajstić information content (AvgIpc) is 2.81. The van der Waals surface area contributed by atoms with Crippen LogP contribution in [0.15, 0.2) is 0 Å². The molecule has 2 nitrogen and oxygen atoms in total. The maximum atomic E-state index is 10.9. The predicted octanol–water partition coefficient (Wildman–Crippen LogP) is 9.23. The van der Waals surface area contributed by atoms with Crippen molar-refractivity contribution < 1.29 is 5.11 Å². The third-order valence-electron chi connectivity index (χ3n) is 10.0. The number of hydrogen-bond acceptors (Lipinski definition) is 2. The van der Waals surface area contributed by atoms with Crippen LogP contribution >= 0.6 is 12.4 Å². The van der Waals surface area contributed by atoms with Crippen molar-refractivity contribution >= 4 is 12.4 Å². The van der Waals surface area contributed by atoms with Crippen LogP contribution in [0.5, 0.6) is 0 Å². The van der Waals surface area contributed by atoms with Crippen molar-refractivity contribution in [3.05, 3.63) is 0 Å². The molecule has 0 saturated heterocycles. The van der Waals surface area contributed by atoms with Crippen LogP contribution in [0.25, 0.3) is 0 Å². The highest BCUT2D eigenvalue weighted by Crippen LogP contribution is 2.59. The standard InChI is InChI=1S/C31H59NO.ClH/c1-3-4-5-6-7-8-9-10-11-12-13-14-15-16-17-18-19-30(33)25-31(32-2)28-21-26-20-27(23-28)24-29(31)22-26;/h26-30,32-33H,3-25H2,1-2H3;1H. The molecule has 4 fully saturated rings.